The molecule has 2 nitrogen and oxygen atoms in total. The molecule has 0 aliphatic heterocycles. The molecule has 0 bridgehead atoms. The van der Waals surface area contributed by atoms with Gasteiger partial charge in [-0.1, -0.05) is 176 Å². The summed E-state index contributed by atoms with van der Waals surface area (Å²) in [4.78, 5) is 2.40. The van der Waals surface area contributed by atoms with E-state index in [2.05, 4.69) is 217 Å². The number of nitrogens with zero attached hydrogens (tertiary/aromatic N) is 1. The van der Waals surface area contributed by atoms with Crippen molar-refractivity contribution in [3.63, 3.8) is 0 Å². The van der Waals surface area contributed by atoms with Gasteiger partial charge in [0.15, 0.2) is 8.07 Å². The Labute approximate surface area is 322 Å². The van der Waals surface area contributed by atoms with Gasteiger partial charge in [0.2, 0.25) is 0 Å². The molecule has 0 spiro atoms. The first-order chi connectivity index (χ1) is 27.3. The van der Waals surface area contributed by atoms with E-state index in [-0.39, 0.29) is 0 Å². The molecule has 9 aromatic carbocycles. The summed E-state index contributed by atoms with van der Waals surface area (Å²) in [6.07, 6.45) is 0. The Morgan fingerprint density at radius 1 is 0.327 bits per heavy atom. The van der Waals surface area contributed by atoms with Crippen LogP contribution in [0, 0.1) is 0 Å². The molecule has 1 aromatic heterocycles. The van der Waals surface area contributed by atoms with Crippen molar-refractivity contribution in [1.29, 1.82) is 0 Å². The lowest BCUT2D eigenvalue weighted by Gasteiger charge is -2.35. The van der Waals surface area contributed by atoms with E-state index in [0.29, 0.717) is 0 Å². The average Bonchev–Trinajstić information content (AvgIpc) is 3.64. The molecule has 0 radical (unpaired) electrons. The summed E-state index contributed by atoms with van der Waals surface area (Å²) in [7, 11) is -2.66. The first-order valence-electron chi connectivity index (χ1n) is 18.8. The highest BCUT2D eigenvalue weighted by Crippen LogP contribution is 2.40. The smallest absolute Gasteiger partial charge is 0.179 e. The SMILES string of the molecule is c1ccc([Si](c2ccccc2)(c2ccccc2)c2ccc(N(c3ccc(-c4ccc5c(c4)oc4ccccc45)cc3)c3cccc4ccccc34)cc2)cc1. The second-order valence-corrected chi connectivity index (χ2v) is 17.9. The molecule has 0 N–H and O–H groups in total. The molecule has 0 atom stereocenters. The van der Waals surface area contributed by atoms with E-state index in [1.165, 1.54) is 31.5 Å². The van der Waals surface area contributed by atoms with Crippen molar-refractivity contribution in [3.05, 3.63) is 224 Å². The predicted octanol–water partition coefficient (Wildman–Crippen LogP) is 11.3. The lowest BCUT2D eigenvalue weighted by Crippen LogP contribution is -2.74. The van der Waals surface area contributed by atoms with Crippen LogP contribution in [0.3, 0.4) is 0 Å². The Morgan fingerprint density at radius 3 is 1.44 bits per heavy atom. The molecule has 0 aliphatic rings. The van der Waals surface area contributed by atoms with E-state index in [0.717, 1.165) is 50.1 Å². The summed E-state index contributed by atoms with van der Waals surface area (Å²) >= 11 is 0. The molecule has 0 saturated heterocycles. The van der Waals surface area contributed by atoms with Crippen molar-refractivity contribution in [1.82, 2.24) is 0 Å². The van der Waals surface area contributed by atoms with Crippen LogP contribution >= 0.6 is 0 Å². The normalized spacial score (nSPS) is 11.6. The Balaban J connectivity index is 1.11. The molecular formula is C52H37NOSi. The van der Waals surface area contributed by atoms with Crippen molar-refractivity contribution in [2.75, 3.05) is 4.90 Å². The summed E-state index contributed by atoms with van der Waals surface area (Å²) in [6.45, 7) is 0. The fourth-order valence-electron chi connectivity index (χ4n) is 8.46. The maximum Gasteiger partial charge on any atom is 0.179 e. The number of furan rings is 1. The number of para-hydroxylation sites is 1. The van der Waals surface area contributed by atoms with Gasteiger partial charge in [0, 0.05) is 27.5 Å². The van der Waals surface area contributed by atoms with E-state index in [1.54, 1.807) is 0 Å². The minimum Gasteiger partial charge on any atom is -0.456 e. The fraction of sp³-hybridized carbons (Fsp3) is 0. The van der Waals surface area contributed by atoms with Gasteiger partial charge in [-0.25, -0.2) is 0 Å². The molecule has 1 heterocycles. The highest BCUT2D eigenvalue weighted by Gasteiger charge is 2.41. The molecule has 0 amide bonds. The summed E-state index contributed by atoms with van der Waals surface area (Å²) < 4.78 is 6.25. The van der Waals surface area contributed by atoms with Crippen LogP contribution in [0.15, 0.2) is 229 Å². The largest absolute Gasteiger partial charge is 0.456 e. The second-order valence-electron chi connectivity index (χ2n) is 14.1. The van der Waals surface area contributed by atoms with E-state index in [4.69, 9.17) is 4.42 Å². The first-order valence-corrected chi connectivity index (χ1v) is 20.8. The molecule has 10 aromatic rings. The van der Waals surface area contributed by atoms with Gasteiger partial charge in [-0.3, -0.25) is 0 Å². The molecular weight excluding hydrogens is 683 g/mol. The number of rotatable bonds is 8. The van der Waals surface area contributed by atoms with Crippen molar-refractivity contribution in [3.8, 4) is 11.1 Å². The molecule has 0 saturated carbocycles. The topological polar surface area (TPSA) is 16.4 Å². The number of anilines is 3. The van der Waals surface area contributed by atoms with Crippen LogP contribution in [0.1, 0.15) is 0 Å². The van der Waals surface area contributed by atoms with Gasteiger partial charge in [0.25, 0.3) is 0 Å². The zero-order chi connectivity index (χ0) is 36.6. The maximum atomic E-state index is 6.25. The van der Waals surface area contributed by atoms with E-state index in [1.807, 2.05) is 12.1 Å². The molecule has 0 unspecified atom stereocenters. The van der Waals surface area contributed by atoms with Gasteiger partial charge >= 0.3 is 0 Å². The van der Waals surface area contributed by atoms with Crippen LogP contribution in [0.25, 0.3) is 43.8 Å². The van der Waals surface area contributed by atoms with Gasteiger partial charge in [-0.05, 0) is 85.8 Å². The quantitative estimate of drug-likeness (QED) is 0.115. The monoisotopic (exact) mass is 719 g/mol. The molecule has 0 aliphatic carbocycles. The molecule has 55 heavy (non-hydrogen) atoms. The lowest BCUT2D eigenvalue weighted by atomic mass is 10.0. The summed E-state index contributed by atoms with van der Waals surface area (Å²) in [5.74, 6) is 0. The Morgan fingerprint density at radius 2 is 0.800 bits per heavy atom. The number of hydrogen-bond acceptors (Lipinski definition) is 2. The van der Waals surface area contributed by atoms with Gasteiger partial charge in [-0.2, -0.15) is 0 Å². The Bertz CT molecular complexity index is 2800. The predicted molar refractivity (Wildman–Crippen MR) is 235 cm³/mol. The van der Waals surface area contributed by atoms with Crippen molar-refractivity contribution in [2.45, 2.75) is 0 Å². The zero-order valence-corrected chi connectivity index (χ0v) is 31.2. The van der Waals surface area contributed by atoms with Gasteiger partial charge in [0.05, 0.1) is 5.69 Å². The maximum absolute atomic E-state index is 6.25. The molecule has 0 fully saturated rings. The third kappa shape index (κ3) is 5.65. The summed E-state index contributed by atoms with van der Waals surface area (Å²) in [5.41, 5.74) is 7.43. The minimum atomic E-state index is -2.66. The van der Waals surface area contributed by atoms with Crippen molar-refractivity contribution in [2.24, 2.45) is 0 Å². The van der Waals surface area contributed by atoms with E-state index >= 15 is 0 Å². The Hall–Kier alpha value is -6.94. The highest BCUT2D eigenvalue weighted by atomic mass is 28.3. The highest BCUT2D eigenvalue weighted by molar-refractivity contribution is 7.19. The van der Waals surface area contributed by atoms with Crippen LogP contribution in [0.4, 0.5) is 17.1 Å². The van der Waals surface area contributed by atoms with Gasteiger partial charge in [-0.15, -0.1) is 0 Å². The van der Waals surface area contributed by atoms with Crippen molar-refractivity contribution >= 4 is 78.6 Å². The van der Waals surface area contributed by atoms with Crippen LogP contribution < -0.4 is 25.6 Å². The second kappa shape index (κ2) is 13.8. The van der Waals surface area contributed by atoms with Crippen LogP contribution in [0.2, 0.25) is 0 Å². The summed E-state index contributed by atoms with van der Waals surface area (Å²) in [5, 5.41) is 10.1. The van der Waals surface area contributed by atoms with E-state index < -0.39 is 8.07 Å². The first kappa shape index (κ1) is 32.7. The van der Waals surface area contributed by atoms with Crippen molar-refractivity contribution < 1.29 is 4.42 Å². The molecule has 3 heteroatoms. The van der Waals surface area contributed by atoms with E-state index in [9.17, 15) is 0 Å². The average molecular weight is 720 g/mol. The van der Waals surface area contributed by atoms with Gasteiger partial charge in [0.1, 0.15) is 11.2 Å². The molecule has 10 rings (SSSR count). The van der Waals surface area contributed by atoms with Crippen LogP contribution in [-0.2, 0) is 0 Å². The summed E-state index contributed by atoms with van der Waals surface area (Å²) in [6, 6.07) is 81.7. The van der Waals surface area contributed by atoms with Gasteiger partial charge < -0.3 is 9.32 Å². The standard InChI is InChI=1S/C52H37NOSi/c1-4-17-43(18-5-1)55(44-19-6-2-7-20-44,45-21-8-3-9-22-45)46-34-32-42(33-35-46)53(50-25-14-16-39-15-10-11-23-47(39)50)41-30-27-38(28-31-41)40-29-36-49-48-24-12-13-26-51(48)54-52(49)37-40/h1-37H. The fourth-order valence-corrected chi connectivity index (χ4v) is 13.2. The number of fused-ring (bicyclic) bond motifs is 4. The van der Waals surface area contributed by atoms with Crippen LogP contribution in [0.5, 0.6) is 0 Å². The zero-order valence-electron chi connectivity index (χ0n) is 30.2. The number of benzene rings is 9. The molecule has 260 valence electrons. The third-order valence-electron chi connectivity index (χ3n) is 11.0. The minimum absolute atomic E-state index is 0.904. The van der Waals surface area contributed by atoms with Crippen LogP contribution in [-0.4, -0.2) is 8.07 Å². The number of hydrogen-bond donors (Lipinski definition) is 0. The Kier molecular flexibility index (Phi) is 8.20. The third-order valence-corrected chi connectivity index (χ3v) is 15.8. The lowest BCUT2D eigenvalue weighted by molar-refractivity contribution is 0.669.